The zero-order valence-electron chi connectivity index (χ0n) is 17.2. The molecule has 4 rings (SSSR count). The van der Waals surface area contributed by atoms with Crippen LogP contribution in [0.15, 0.2) is 30.6 Å². The maximum Gasteiger partial charge on any atom is 0.272 e. The molecule has 3 unspecified atom stereocenters. The highest BCUT2D eigenvalue weighted by Gasteiger charge is 2.23. The van der Waals surface area contributed by atoms with Crippen LogP contribution in [-0.4, -0.2) is 59.1 Å². The second kappa shape index (κ2) is 8.92. The Morgan fingerprint density at radius 3 is 2.79 bits per heavy atom. The summed E-state index contributed by atoms with van der Waals surface area (Å²) in [6.07, 6.45) is 6.35. The Morgan fingerprint density at radius 2 is 2.10 bits per heavy atom. The number of hydrogen-bond donors (Lipinski definition) is 2. The van der Waals surface area contributed by atoms with Gasteiger partial charge in [0.05, 0.1) is 18.2 Å². The first-order valence-corrected chi connectivity index (χ1v) is 10.5. The van der Waals surface area contributed by atoms with E-state index in [1.165, 1.54) is 0 Å². The number of nitrogens with one attached hydrogen (secondary N) is 2. The number of hydrogen-bond acceptors (Lipinski definition) is 6. The van der Waals surface area contributed by atoms with Crippen LogP contribution in [-0.2, 0) is 11.3 Å². The maximum absolute atomic E-state index is 12.5. The van der Waals surface area contributed by atoms with Crippen molar-refractivity contribution in [2.75, 3.05) is 31.1 Å². The van der Waals surface area contributed by atoms with Gasteiger partial charge >= 0.3 is 0 Å². The minimum absolute atomic E-state index is 0.160. The molecule has 2 N–H and O–H groups in total. The number of carbonyl (C=O) groups is 1. The van der Waals surface area contributed by atoms with E-state index < -0.39 is 0 Å². The summed E-state index contributed by atoms with van der Waals surface area (Å²) >= 11 is 0. The Balaban J connectivity index is 1.31. The second-order valence-electron chi connectivity index (χ2n) is 8.05. The molecule has 2 saturated heterocycles. The predicted molar refractivity (Wildman–Crippen MR) is 111 cm³/mol. The summed E-state index contributed by atoms with van der Waals surface area (Å²) in [5.74, 6) is 0.786. The number of aromatic nitrogens is 3. The van der Waals surface area contributed by atoms with E-state index in [2.05, 4.69) is 39.5 Å². The molecule has 2 aliphatic rings. The molecule has 29 heavy (non-hydrogen) atoms. The fraction of sp³-hybridized carbons (Fsp3) is 0.571. The van der Waals surface area contributed by atoms with E-state index in [4.69, 9.17) is 4.74 Å². The standard InChI is InChI=1S/C21H30N6O2/c1-15-13-26(14-16(2)29-15)20-6-5-17(10-23-20)11-24-21(28)19-7-9-27(25-19)18-4-3-8-22-12-18/h5-7,9-10,15-16,18,22H,3-4,8,11-14H2,1-2H3,(H,24,28). The average Bonchev–Trinajstić information content (AvgIpc) is 3.23. The monoisotopic (exact) mass is 398 g/mol. The molecule has 8 heteroatoms. The maximum atomic E-state index is 12.5. The van der Waals surface area contributed by atoms with Crippen LogP contribution in [0.2, 0.25) is 0 Å². The third kappa shape index (κ3) is 4.94. The summed E-state index contributed by atoms with van der Waals surface area (Å²) in [6.45, 7) is 8.24. The molecule has 1 amide bonds. The van der Waals surface area contributed by atoms with Crippen molar-refractivity contribution >= 4 is 11.7 Å². The normalized spacial score (nSPS) is 25.0. The Bertz CT molecular complexity index is 805. The number of morpholine rings is 1. The molecule has 0 saturated carbocycles. The van der Waals surface area contributed by atoms with E-state index in [-0.39, 0.29) is 18.1 Å². The van der Waals surface area contributed by atoms with Crippen molar-refractivity contribution in [1.29, 1.82) is 0 Å². The quantitative estimate of drug-likeness (QED) is 0.798. The molecule has 0 radical (unpaired) electrons. The lowest BCUT2D eigenvalue weighted by molar-refractivity contribution is -0.00546. The largest absolute Gasteiger partial charge is 0.372 e. The molecule has 2 aromatic rings. The zero-order chi connectivity index (χ0) is 20.2. The van der Waals surface area contributed by atoms with Crippen molar-refractivity contribution in [1.82, 2.24) is 25.4 Å². The average molecular weight is 399 g/mol. The smallest absolute Gasteiger partial charge is 0.272 e. The molecule has 0 bridgehead atoms. The van der Waals surface area contributed by atoms with Crippen molar-refractivity contribution < 1.29 is 9.53 Å². The molecule has 0 spiro atoms. The minimum Gasteiger partial charge on any atom is -0.372 e. The molecule has 2 aliphatic heterocycles. The van der Waals surface area contributed by atoms with Crippen molar-refractivity contribution in [3.8, 4) is 0 Å². The van der Waals surface area contributed by atoms with Crippen LogP contribution in [0, 0.1) is 0 Å². The Labute approximate surface area is 171 Å². The van der Waals surface area contributed by atoms with Gasteiger partial charge in [-0.15, -0.1) is 0 Å². The third-order valence-electron chi connectivity index (χ3n) is 5.49. The van der Waals surface area contributed by atoms with Gasteiger partial charge in [0.15, 0.2) is 0 Å². The Hall–Kier alpha value is -2.45. The lowest BCUT2D eigenvalue weighted by Crippen LogP contribution is -2.45. The summed E-state index contributed by atoms with van der Waals surface area (Å²) in [5.41, 5.74) is 1.42. The summed E-state index contributed by atoms with van der Waals surface area (Å²) in [7, 11) is 0. The van der Waals surface area contributed by atoms with Crippen LogP contribution in [0.4, 0.5) is 5.82 Å². The fourth-order valence-corrected chi connectivity index (χ4v) is 4.07. The third-order valence-corrected chi connectivity index (χ3v) is 5.49. The summed E-state index contributed by atoms with van der Waals surface area (Å²) in [5, 5.41) is 10.8. The lowest BCUT2D eigenvalue weighted by atomic mass is 10.1. The number of pyridine rings is 1. The van der Waals surface area contributed by atoms with Gasteiger partial charge in [0.2, 0.25) is 0 Å². The predicted octanol–water partition coefficient (Wildman–Crippen LogP) is 1.75. The molecule has 156 valence electrons. The minimum atomic E-state index is -0.160. The number of nitrogens with zero attached hydrogens (tertiary/aromatic N) is 4. The number of rotatable bonds is 5. The lowest BCUT2D eigenvalue weighted by Gasteiger charge is -2.36. The molecule has 8 nitrogen and oxygen atoms in total. The number of amides is 1. The van der Waals surface area contributed by atoms with Crippen LogP contribution >= 0.6 is 0 Å². The van der Waals surface area contributed by atoms with Crippen molar-refractivity contribution in [3.05, 3.63) is 41.9 Å². The number of anilines is 1. The van der Waals surface area contributed by atoms with Gasteiger partial charge in [-0.1, -0.05) is 6.07 Å². The van der Waals surface area contributed by atoms with E-state index in [9.17, 15) is 4.79 Å². The van der Waals surface area contributed by atoms with Gasteiger partial charge in [-0.3, -0.25) is 9.48 Å². The second-order valence-corrected chi connectivity index (χ2v) is 8.05. The molecule has 3 atom stereocenters. The SMILES string of the molecule is CC1CN(c2ccc(CNC(=O)c3ccn(C4CCCNC4)n3)cn2)CC(C)O1. The first-order valence-electron chi connectivity index (χ1n) is 10.5. The highest BCUT2D eigenvalue weighted by atomic mass is 16.5. The molecule has 4 heterocycles. The van der Waals surface area contributed by atoms with Gasteiger partial charge < -0.3 is 20.3 Å². The van der Waals surface area contributed by atoms with Crippen LogP contribution in [0.5, 0.6) is 0 Å². The Morgan fingerprint density at radius 1 is 1.28 bits per heavy atom. The fourth-order valence-electron chi connectivity index (χ4n) is 4.07. The molecule has 0 aliphatic carbocycles. The molecular formula is C21H30N6O2. The van der Waals surface area contributed by atoms with Crippen LogP contribution in [0.1, 0.15) is 48.8 Å². The highest BCUT2D eigenvalue weighted by molar-refractivity contribution is 5.92. The van der Waals surface area contributed by atoms with Crippen molar-refractivity contribution in [2.24, 2.45) is 0 Å². The van der Waals surface area contributed by atoms with Gasteiger partial charge in [-0.25, -0.2) is 4.98 Å². The van der Waals surface area contributed by atoms with Crippen LogP contribution < -0.4 is 15.5 Å². The van der Waals surface area contributed by atoms with E-state index >= 15 is 0 Å². The summed E-state index contributed by atoms with van der Waals surface area (Å²) in [4.78, 5) is 19.3. The van der Waals surface area contributed by atoms with Gasteiger partial charge in [-0.2, -0.15) is 5.10 Å². The van der Waals surface area contributed by atoms with Crippen LogP contribution in [0.3, 0.4) is 0 Å². The van der Waals surface area contributed by atoms with Gasteiger partial charge in [0, 0.05) is 38.6 Å². The molecule has 2 fully saturated rings. The number of carbonyl (C=O) groups excluding carboxylic acids is 1. The van der Waals surface area contributed by atoms with Crippen molar-refractivity contribution in [3.63, 3.8) is 0 Å². The topological polar surface area (TPSA) is 84.3 Å². The first kappa shape index (κ1) is 19.8. The van der Waals surface area contributed by atoms with Crippen LogP contribution in [0.25, 0.3) is 0 Å². The molecule has 2 aromatic heterocycles. The van der Waals surface area contributed by atoms with E-state index in [0.717, 1.165) is 50.4 Å². The molecular weight excluding hydrogens is 368 g/mol. The summed E-state index contributed by atoms with van der Waals surface area (Å²) < 4.78 is 7.69. The Kier molecular flexibility index (Phi) is 6.10. The summed E-state index contributed by atoms with van der Waals surface area (Å²) in [6, 6.07) is 6.13. The van der Waals surface area contributed by atoms with E-state index in [1.54, 1.807) is 6.07 Å². The zero-order valence-corrected chi connectivity index (χ0v) is 17.2. The number of ether oxygens (including phenoxy) is 1. The van der Waals surface area contributed by atoms with Gasteiger partial charge in [-0.05, 0) is 50.9 Å². The van der Waals surface area contributed by atoms with Gasteiger partial charge in [0.25, 0.3) is 5.91 Å². The van der Waals surface area contributed by atoms with Crippen molar-refractivity contribution in [2.45, 2.75) is 51.5 Å². The first-order chi connectivity index (χ1) is 14.1. The molecule has 0 aromatic carbocycles. The van der Waals surface area contributed by atoms with E-state index in [1.807, 2.05) is 29.2 Å². The van der Waals surface area contributed by atoms with E-state index in [0.29, 0.717) is 18.3 Å². The highest BCUT2D eigenvalue weighted by Crippen LogP contribution is 2.19. The van der Waals surface area contributed by atoms with Gasteiger partial charge in [0.1, 0.15) is 11.5 Å². The number of piperidine rings is 1.